The standard InChI is InChI=1S/C18H21F7N6O/c19-16(20)2-1-14(32)31(9-16)11-7-30(6-10(11)26)13-5-12(27-15(28-13)18(23,24)25)29-4-3-17(21,22)8-29/h5,10-11H,1-4,6-9,26H2/t10-,11+/m1/s1. The maximum atomic E-state index is 13.8. The number of nitrogens with zero attached hydrogens (tertiary/aromatic N) is 5. The number of likely N-dealkylation sites (tertiary alicyclic amines) is 1. The lowest BCUT2D eigenvalue weighted by Crippen LogP contribution is -2.56. The molecule has 4 heterocycles. The third-order valence-corrected chi connectivity index (χ3v) is 5.93. The molecule has 1 aromatic heterocycles. The summed E-state index contributed by atoms with van der Waals surface area (Å²) in [5.74, 6) is -8.66. The van der Waals surface area contributed by atoms with Crippen LogP contribution in [0.25, 0.3) is 0 Å². The summed E-state index contributed by atoms with van der Waals surface area (Å²) in [5, 5.41) is 0. The summed E-state index contributed by atoms with van der Waals surface area (Å²) in [6, 6.07) is -0.507. The average Bonchev–Trinajstić information content (AvgIpc) is 3.25. The maximum absolute atomic E-state index is 13.8. The smallest absolute Gasteiger partial charge is 0.353 e. The molecule has 0 unspecified atom stereocenters. The van der Waals surface area contributed by atoms with E-state index in [9.17, 15) is 35.5 Å². The second-order valence-electron chi connectivity index (χ2n) is 8.45. The van der Waals surface area contributed by atoms with Crippen LogP contribution in [0.15, 0.2) is 6.07 Å². The lowest BCUT2D eigenvalue weighted by Gasteiger charge is -2.37. The minimum atomic E-state index is -4.93. The van der Waals surface area contributed by atoms with Crippen molar-refractivity contribution in [2.45, 2.75) is 49.4 Å². The molecule has 32 heavy (non-hydrogen) atoms. The fraction of sp³-hybridized carbons (Fsp3) is 0.722. The Morgan fingerprint density at radius 3 is 2.19 bits per heavy atom. The zero-order valence-corrected chi connectivity index (χ0v) is 16.8. The molecule has 1 aromatic rings. The Kier molecular flexibility index (Phi) is 5.41. The Hall–Kier alpha value is -2.38. The van der Waals surface area contributed by atoms with Crippen molar-refractivity contribution in [3.8, 4) is 0 Å². The molecule has 0 aliphatic carbocycles. The number of hydrogen-bond donors (Lipinski definition) is 1. The molecule has 0 bridgehead atoms. The Balaban J connectivity index is 1.61. The van der Waals surface area contributed by atoms with Crippen LogP contribution in [0.5, 0.6) is 0 Å². The van der Waals surface area contributed by atoms with Crippen molar-refractivity contribution in [1.29, 1.82) is 0 Å². The van der Waals surface area contributed by atoms with Gasteiger partial charge >= 0.3 is 6.18 Å². The van der Waals surface area contributed by atoms with Gasteiger partial charge in [0.2, 0.25) is 11.7 Å². The molecule has 3 aliphatic heterocycles. The summed E-state index contributed by atoms with van der Waals surface area (Å²) in [6.07, 6.45) is -6.37. The van der Waals surface area contributed by atoms with Crippen molar-refractivity contribution in [2.75, 3.05) is 42.5 Å². The van der Waals surface area contributed by atoms with Crippen LogP contribution >= 0.6 is 0 Å². The molecule has 0 radical (unpaired) electrons. The second-order valence-corrected chi connectivity index (χ2v) is 8.45. The first-order valence-electron chi connectivity index (χ1n) is 10.0. The third kappa shape index (κ3) is 4.55. The second kappa shape index (κ2) is 7.59. The lowest BCUT2D eigenvalue weighted by molar-refractivity contribution is -0.150. The summed E-state index contributed by atoms with van der Waals surface area (Å²) in [6.45, 7) is -1.94. The van der Waals surface area contributed by atoms with Gasteiger partial charge < -0.3 is 20.4 Å². The minimum absolute atomic E-state index is 0.0517. The fourth-order valence-electron chi connectivity index (χ4n) is 4.28. The average molecular weight is 470 g/mol. The minimum Gasteiger partial charge on any atom is -0.353 e. The Morgan fingerprint density at radius 1 is 0.969 bits per heavy atom. The first kappa shape index (κ1) is 22.8. The van der Waals surface area contributed by atoms with Gasteiger partial charge in [-0.3, -0.25) is 4.79 Å². The van der Waals surface area contributed by atoms with E-state index in [0.29, 0.717) is 0 Å². The van der Waals surface area contributed by atoms with Gasteiger partial charge in [0.25, 0.3) is 11.8 Å². The van der Waals surface area contributed by atoms with Crippen LogP contribution in [0.2, 0.25) is 0 Å². The van der Waals surface area contributed by atoms with Crippen LogP contribution in [0.3, 0.4) is 0 Å². The number of piperidine rings is 1. The fourth-order valence-corrected chi connectivity index (χ4v) is 4.28. The first-order chi connectivity index (χ1) is 14.7. The highest BCUT2D eigenvalue weighted by atomic mass is 19.4. The van der Waals surface area contributed by atoms with Gasteiger partial charge in [-0.2, -0.15) is 13.2 Å². The largest absolute Gasteiger partial charge is 0.451 e. The zero-order valence-electron chi connectivity index (χ0n) is 16.8. The lowest BCUT2D eigenvalue weighted by atomic mass is 10.0. The number of halogens is 7. The maximum Gasteiger partial charge on any atom is 0.451 e. The monoisotopic (exact) mass is 470 g/mol. The molecule has 3 aliphatic rings. The van der Waals surface area contributed by atoms with E-state index < -0.39 is 67.8 Å². The summed E-state index contributed by atoms with van der Waals surface area (Å²) < 4.78 is 95.0. The molecule has 2 N–H and O–H groups in total. The molecule has 0 aromatic carbocycles. The molecule has 3 saturated heterocycles. The van der Waals surface area contributed by atoms with E-state index in [1.807, 2.05) is 0 Å². The van der Waals surface area contributed by atoms with Gasteiger partial charge in [-0.05, 0) is 0 Å². The van der Waals surface area contributed by atoms with Crippen LogP contribution in [-0.4, -0.2) is 77.4 Å². The zero-order chi connectivity index (χ0) is 23.5. The molecule has 2 atom stereocenters. The Labute approximate surface area is 178 Å². The van der Waals surface area contributed by atoms with Gasteiger partial charge in [-0.15, -0.1) is 0 Å². The molecular weight excluding hydrogens is 449 g/mol. The summed E-state index contributed by atoms with van der Waals surface area (Å²) in [7, 11) is 0. The van der Waals surface area contributed by atoms with Crippen molar-refractivity contribution < 1.29 is 35.5 Å². The first-order valence-corrected chi connectivity index (χ1v) is 10.0. The van der Waals surface area contributed by atoms with Crippen molar-refractivity contribution in [3.63, 3.8) is 0 Å². The Morgan fingerprint density at radius 2 is 1.59 bits per heavy atom. The van der Waals surface area contributed by atoms with E-state index in [2.05, 4.69) is 9.97 Å². The SMILES string of the molecule is N[C@@H]1CN(c2cc(N3CCC(F)(F)C3)nc(C(F)(F)F)n2)C[C@@H]1N1CC(F)(F)CCC1=O. The Bertz CT molecular complexity index is 895. The topological polar surface area (TPSA) is 78.6 Å². The van der Waals surface area contributed by atoms with Gasteiger partial charge in [-0.25, -0.2) is 27.5 Å². The molecular formula is C18H21F7N6O. The highest BCUT2D eigenvalue weighted by Gasteiger charge is 2.46. The van der Waals surface area contributed by atoms with Gasteiger partial charge in [0.05, 0.1) is 19.1 Å². The van der Waals surface area contributed by atoms with E-state index >= 15 is 0 Å². The van der Waals surface area contributed by atoms with Crippen molar-refractivity contribution in [1.82, 2.24) is 14.9 Å². The predicted molar refractivity (Wildman–Crippen MR) is 98.7 cm³/mol. The van der Waals surface area contributed by atoms with Crippen molar-refractivity contribution in [3.05, 3.63) is 11.9 Å². The molecule has 178 valence electrons. The molecule has 3 fully saturated rings. The van der Waals surface area contributed by atoms with E-state index in [-0.39, 0.29) is 37.7 Å². The van der Waals surface area contributed by atoms with Crippen molar-refractivity contribution in [2.24, 2.45) is 5.73 Å². The number of anilines is 2. The molecule has 1 amide bonds. The van der Waals surface area contributed by atoms with Crippen LogP contribution in [0, 0.1) is 0 Å². The molecule has 7 nitrogen and oxygen atoms in total. The van der Waals surface area contributed by atoms with E-state index in [4.69, 9.17) is 5.73 Å². The number of alkyl halides is 7. The predicted octanol–water partition coefficient (Wildman–Crippen LogP) is 2.11. The molecule has 0 spiro atoms. The van der Waals surface area contributed by atoms with E-state index in [1.165, 1.54) is 4.90 Å². The number of hydrogen-bond acceptors (Lipinski definition) is 6. The summed E-state index contributed by atoms with van der Waals surface area (Å²) in [5.41, 5.74) is 6.05. The van der Waals surface area contributed by atoms with Gasteiger partial charge in [0, 0.05) is 51.0 Å². The normalized spacial score (nSPS) is 28.0. The number of carbonyl (C=O) groups is 1. The molecule has 0 saturated carbocycles. The highest BCUT2D eigenvalue weighted by Crippen LogP contribution is 2.36. The number of nitrogens with two attached hydrogens (primary N) is 1. The number of amides is 1. The molecule has 14 heteroatoms. The van der Waals surface area contributed by atoms with E-state index in [0.717, 1.165) is 15.9 Å². The number of carbonyl (C=O) groups excluding carboxylic acids is 1. The van der Waals surface area contributed by atoms with Crippen LogP contribution in [0.4, 0.5) is 42.4 Å². The van der Waals surface area contributed by atoms with Gasteiger partial charge in [-0.1, -0.05) is 0 Å². The highest BCUT2D eigenvalue weighted by molar-refractivity contribution is 5.78. The third-order valence-electron chi connectivity index (χ3n) is 5.93. The van der Waals surface area contributed by atoms with Gasteiger partial charge in [0.15, 0.2) is 0 Å². The number of rotatable bonds is 3. The van der Waals surface area contributed by atoms with Crippen LogP contribution in [0.1, 0.15) is 25.1 Å². The van der Waals surface area contributed by atoms with E-state index in [1.54, 1.807) is 0 Å². The summed E-state index contributed by atoms with van der Waals surface area (Å²) >= 11 is 0. The summed E-state index contributed by atoms with van der Waals surface area (Å²) in [4.78, 5) is 22.5. The number of aromatic nitrogens is 2. The van der Waals surface area contributed by atoms with Crippen LogP contribution < -0.4 is 15.5 Å². The molecule has 4 rings (SSSR count). The quantitative estimate of drug-likeness (QED) is 0.682. The van der Waals surface area contributed by atoms with Crippen molar-refractivity contribution >= 4 is 17.5 Å². The van der Waals surface area contributed by atoms with Crippen LogP contribution in [-0.2, 0) is 11.0 Å². The van der Waals surface area contributed by atoms with Gasteiger partial charge in [0.1, 0.15) is 11.6 Å².